The van der Waals surface area contributed by atoms with Crippen molar-refractivity contribution < 1.29 is 13.9 Å². The van der Waals surface area contributed by atoms with Crippen LogP contribution < -0.4 is 10.1 Å². The fourth-order valence-corrected chi connectivity index (χ4v) is 2.84. The number of pyridine rings is 1. The van der Waals surface area contributed by atoms with Gasteiger partial charge in [0.25, 0.3) is 5.91 Å². The van der Waals surface area contributed by atoms with Crippen LogP contribution in [0.2, 0.25) is 0 Å². The maximum atomic E-state index is 13.0. The van der Waals surface area contributed by atoms with E-state index in [-0.39, 0.29) is 30.2 Å². The van der Waals surface area contributed by atoms with E-state index in [0.29, 0.717) is 18.8 Å². The molecule has 134 valence electrons. The molecule has 5 nitrogen and oxygen atoms in total. The summed E-state index contributed by atoms with van der Waals surface area (Å²) in [5.74, 6) is 0.0556. The Morgan fingerprint density at radius 1 is 1.36 bits per heavy atom. The monoisotopic (exact) mass is 365 g/mol. The Labute approximate surface area is 152 Å². The van der Waals surface area contributed by atoms with Crippen LogP contribution >= 0.6 is 12.4 Å². The van der Waals surface area contributed by atoms with E-state index in [1.165, 1.54) is 24.3 Å². The van der Waals surface area contributed by atoms with E-state index in [1.54, 1.807) is 19.3 Å². The van der Waals surface area contributed by atoms with Crippen molar-refractivity contribution in [3.05, 3.63) is 60.2 Å². The van der Waals surface area contributed by atoms with Gasteiger partial charge in [-0.05, 0) is 42.8 Å². The maximum absolute atomic E-state index is 13.0. The van der Waals surface area contributed by atoms with Gasteiger partial charge in [-0.25, -0.2) is 4.39 Å². The topological polar surface area (TPSA) is 54.5 Å². The predicted molar refractivity (Wildman–Crippen MR) is 95.3 cm³/mol. The van der Waals surface area contributed by atoms with Crippen LogP contribution in [0.1, 0.15) is 18.5 Å². The summed E-state index contributed by atoms with van der Waals surface area (Å²) in [5.41, 5.74) is 0.993. The van der Waals surface area contributed by atoms with Crippen molar-refractivity contribution in [2.24, 2.45) is 0 Å². The summed E-state index contributed by atoms with van der Waals surface area (Å²) in [6.07, 6.45) is 2.85. The molecule has 2 atom stereocenters. The van der Waals surface area contributed by atoms with Gasteiger partial charge in [-0.1, -0.05) is 6.07 Å². The first-order valence-electron chi connectivity index (χ1n) is 7.98. The van der Waals surface area contributed by atoms with Crippen LogP contribution in [0.25, 0.3) is 0 Å². The average molecular weight is 366 g/mol. The molecule has 0 radical (unpaired) electrons. The quantitative estimate of drug-likeness (QED) is 0.904. The van der Waals surface area contributed by atoms with E-state index in [1.807, 2.05) is 17.0 Å². The molecule has 2 aromatic rings. The summed E-state index contributed by atoms with van der Waals surface area (Å²) in [4.78, 5) is 18.8. The third kappa shape index (κ3) is 4.67. The minimum absolute atomic E-state index is 0. The highest BCUT2D eigenvalue weighted by Crippen LogP contribution is 2.23. The summed E-state index contributed by atoms with van der Waals surface area (Å²) < 4.78 is 18.6. The van der Waals surface area contributed by atoms with E-state index in [4.69, 9.17) is 4.74 Å². The Balaban J connectivity index is 0.00000225. The lowest BCUT2D eigenvalue weighted by molar-refractivity contribution is -0.141. The molecule has 0 spiro atoms. The molecular weight excluding hydrogens is 345 g/mol. The van der Waals surface area contributed by atoms with Gasteiger partial charge in [0.15, 0.2) is 6.10 Å². The number of nitrogens with zero attached hydrogens (tertiary/aromatic N) is 2. The predicted octanol–water partition coefficient (Wildman–Crippen LogP) is 2.58. The van der Waals surface area contributed by atoms with Gasteiger partial charge in [0, 0.05) is 32.0 Å². The third-order valence-electron chi connectivity index (χ3n) is 4.07. The Bertz CT molecular complexity index is 684. The normalized spacial score (nSPS) is 18.2. The molecule has 1 amide bonds. The molecule has 3 rings (SSSR count). The summed E-state index contributed by atoms with van der Waals surface area (Å²) >= 11 is 0. The molecule has 1 aromatic carbocycles. The Hall–Kier alpha value is -2.18. The lowest BCUT2D eigenvalue weighted by Crippen LogP contribution is -2.52. The number of amides is 1. The Kier molecular flexibility index (Phi) is 6.73. The molecule has 7 heteroatoms. The van der Waals surface area contributed by atoms with Gasteiger partial charge in [0.05, 0.1) is 6.04 Å². The van der Waals surface area contributed by atoms with Gasteiger partial charge in [-0.2, -0.15) is 0 Å². The number of halogens is 2. The number of nitrogens with one attached hydrogen (secondary N) is 1. The second kappa shape index (κ2) is 8.78. The SMILES string of the molecule is CC(Oc1ccc(F)cc1)C(=O)N1CCNCC1c1cccnc1.Cl. The summed E-state index contributed by atoms with van der Waals surface area (Å²) in [6, 6.07) is 9.44. The fraction of sp³-hybridized carbons (Fsp3) is 0.333. The van der Waals surface area contributed by atoms with Gasteiger partial charge in [0.2, 0.25) is 0 Å². The molecule has 1 saturated heterocycles. The largest absolute Gasteiger partial charge is 0.481 e. The molecule has 2 unspecified atom stereocenters. The number of ether oxygens (including phenoxy) is 1. The third-order valence-corrected chi connectivity index (χ3v) is 4.07. The van der Waals surface area contributed by atoms with Crippen molar-refractivity contribution in [3.8, 4) is 5.75 Å². The number of hydrogen-bond acceptors (Lipinski definition) is 4. The minimum atomic E-state index is -0.646. The number of piperazine rings is 1. The number of hydrogen-bond donors (Lipinski definition) is 1. The Morgan fingerprint density at radius 2 is 2.12 bits per heavy atom. The van der Waals surface area contributed by atoms with Crippen molar-refractivity contribution in [2.45, 2.75) is 19.1 Å². The molecule has 1 aliphatic rings. The van der Waals surface area contributed by atoms with Gasteiger partial charge < -0.3 is 15.0 Å². The molecule has 1 aliphatic heterocycles. The fourth-order valence-electron chi connectivity index (χ4n) is 2.84. The first-order valence-corrected chi connectivity index (χ1v) is 7.98. The van der Waals surface area contributed by atoms with Crippen LogP contribution in [-0.4, -0.2) is 41.5 Å². The Morgan fingerprint density at radius 3 is 2.80 bits per heavy atom. The van der Waals surface area contributed by atoms with Crippen LogP contribution in [0, 0.1) is 5.82 Å². The van der Waals surface area contributed by atoms with E-state index in [9.17, 15) is 9.18 Å². The van der Waals surface area contributed by atoms with E-state index in [2.05, 4.69) is 10.3 Å². The molecule has 0 saturated carbocycles. The first-order chi connectivity index (χ1) is 11.6. The second-order valence-corrected chi connectivity index (χ2v) is 5.75. The zero-order chi connectivity index (χ0) is 16.9. The second-order valence-electron chi connectivity index (χ2n) is 5.75. The van der Waals surface area contributed by atoms with E-state index < -0.39 is 6.10 Å². The van der Waals surface area contributed by atoms with Crippen molar-refractivity contribution >= 4 is 18.3 Å². The molecule has 2 heterocycles. The maximum Gasteiger partial charge on any atom is 0.263 e. The molecular formula is C18H21ClFN3O2. The van der Waals surface area contributed by atoms with Crippen molar-refractivity contribution in [1.82, 2.24) is 15.2 Å². The standard InChI is InChI=1S/C18H20FN3O2.ClH/c1-13(24-16-6-4-15(19)5-7-16)18(23)22-10-9-21-12-17(22)14-3-2-8-20-11-14;/h2-8,11,13,17,21H,9-10,12H2,1H3;1H. The zero-order valence-electron chi connectivity index (χ0n) is 13.9. The van der Waals surface area contributed by atoms with Crippen LogP contribution in [0.15, 0.2) is 48.8 Å². The minimum Gasteiger partial charge on any atom is -0.481 e. The van der Waals surface area contributed by atoms with Gasteiger partial charge in [-0.3, -0.25) is 9.78 Å². The molecule has 25 heavy (non-hydrogen) atoms. The van der Waals surface area contributed by atoms with E-state index >= 15 is 0 Å². The number of carbonyl (C=O) groups is 1. The number of benzene rings is 1. The van der Waals surface area contributed by atoms with Crippen LogP contribution in [-0.2, 0) is 4.79 Å². The van der Waals surface area contributed by atoms with Crippen molar-refractivity contribution in [1.29, 1.82) is 0 Å². The van der Waals surface area contributed by atoms with Gasteiger partial charge in [-0.15, -0.1) is 12.4 Å². The first kappa shape index (κ1) is 19.1. The van der Waals surface area contributed by atoms with Crippen molar-refractivity contribution in [2.75, 3.05) is 19.6 Å². The zero-order valence-corrected chi connectivity index (χ0v) is 14.7. The lowest BCUT2D eigenvalue weighted by Gasteiger charge is -2.37. The average Bonchev–Trinajstić information content (AvgIpc) is 2.63. The smallest absolute Gasteiger partial charge is 0.263 e. The van der Waals surface area contributed by atoms with Crippen molar-refractivity contribution in [3.63, 3.8) is 0 Å². The van der Waals surface area contributed by atoms with Crippen LogP contribution in [0.3, 0.4) is 0 Å². The summed E-state index contributed by atoms with van der Waals surface area (Å²) in [6.45, 7) is 3.75. The molecule has 0 aliphatic carbocycles. The highest BCUT2D eigenvalue weighted by molar-refractivity contribution is 5.85. The van der Waals surface area contributed by atoms with Crippen LogP contribution in [0.4, 0.5) is 4.39 Å². The molecule has 0 bridgehead atoms. The summed E-state index contributed by atoms with van der Waals surface area (Å²) in [5, 5.41) is 3.31. The summed E-state index contributed by atoms with van der Waals surface area (Å²) in [7, 11) is 0. The van der Waals surface area contributed by atoms with Gasteiger partial charge in [0.1, 0.15) is 11.6 Å². The highest BCUT2D eigenvalue weighted by Gasteiger charge is 2.31. The number of aromatic nitrogens is 1. The van der Waals surface area contributed by atoms with E-state index in [0.717, 1.165) is 12.1 Å². The molecule has 1 fully saturated rings. The number of rotatable bonds is 4. The highest BCUT2D eigenvalue weighted by atomic mass is 35.5. The molecule has 1 N–H and O–H groups in total. The molecule has 1 aromatic heterocycles. The van der Waals surface area contributed by atoms with Crippen LogP contribution in [0.5, 0.6) is 5.75 Å². The lowest BCUT2D eigenvalue weighted by atomic mass is 10.0. The van der Waals surface area contributed by atoms with Gasteiger partial charge >= 0.3 is 0 Å². The number of carbonyl (C=O) groups excluding carboxylic acids is 1.